The van der Waals surface area contributed by atoms with Crippen LogP contribution in [0.15, 0.2) is 72.8 Å². The van der Waals surface area contributed by atoms with E-state index in [0.29, 0.717) is 12.3 Å². The van der Waals surface area contributed by atoms with Gasteiger partial charge in [-0.05, 0) is 94.5 Å². The Kier molecular flexibility index (Phi) is 9.54. The van der Waals surface area contributed by atoms with Crippen molar-refractivity contribution in [1.82, 2.24) is 0 Å². The average Bonchev–Trinajstić information content (AvgIpc) is 3.36. The molecule has 51 heavy (non-hydrogen) atoms. The first kappa shape index (κ1) is 37.5. The van der Waals surface area contributed by atoms with Crippen molar-refractivity contribution in [2.45, 2.75) is 129 Å². The fraction of sp³-hybridized carbons (Fsp3) is 0.489. The van der Waals surface area contributed by atoms with Crippen LogP contribution in [0.4, 0.5) is 0 Å². The number of ether oxygens (including phenoxy) is 3. The molecule has 0 radical (unpaired) electrons. The van der Waals surface area contributed by atoms with E-state index in [0.717, 1.165) is 30.1 Å². The molecule has 0 bridgehead atoms. The van der Waals surface area contributed by atoms with Crippen LogP contribution in [0.25, 0.3) is 0 Å². The average molecular weight is 705 g/mol. The van der Waals surface area contributed by atoms with Gasteiger partial charge in [0, 0.05) is 38.9 Å². The van der Waals surface area contributed by atoms with Crippen LogP contribution in [0.1, 0.15) is 128 Å². The third-order valence-electron chi connectivity index (χ3n) is 11.3. The second kappa shape index (κ2) is 13.0. The summed E-state index contributed by atoms with van der Waals surface area (Å²) in [6, 6.07) is 28.2. The SMILES string of the molecule is COc1c(C(C)(C)C)cc(P(c2cc(C(C)(C)C)c(OC)c(C(C)(C)C)c2)C2Cc3ccccc3C23CCOc2ccccc23)cc1C(C)(C)C. The summed E-state index contributed by atoms with van der Waals surface area (Å²) in [6.45, 7) is 28.6. The van der Waals surface area contributed by atoms with Crippen molar-refractivity contribution in [1.29, 1.82) is 0 Å². The van der Waals surface area contributed by atoms with Gasteiger partial charge in [-0.2, -0.15) is 0 Å². The van der Waals surface area contributed by atoms with Gasteiger partial charge in [0.05, 0.1) is 20.8 Å². The Morgan fingerprint density at radius 1 is 0.588 bits per heavy atom. The summed E-state index contributed by atoms with van der Waals surface area (Å²) < 4.78 is 19.1. The van der Waals surface area contributed by atoms with Crippen LogP contribution in [0.3, 0.4) is 0 Å². The lowest BCUT2D eigenvalue weighted by Gasteiger charge is -2.45. The first-order chi connectivity index (χ1) is 23.7. The molecule has 2 aliphatic rings. The molecule has 2 atom stereocenters. The van der Waals surface area contributed by atoms with E-state index in [-0.39, 0.29) is 27.1 Å². The summed E-state index contributed by atoms with van der Waals surface area (Å²) >= 11 is 0. The Morgan fingerprint density at radius 3 is 1.43 bits per heavy atom. The lowest BCUT2D eigenvalue weighted by atomic mass is 9.71. The van der Waals surface area contributed by atoms with Crippen molar-refractivity contribution in [3.8, 4) is 17.2 Å². The fourth-order valence-electron chi connectivity index (χ4n) is 8.73. The molecule has 0 aromatic heterocycles. The summed E-state index contributed by atoms with van der Waals surface area (Å²) in [5, 5.41) is 2.85. The van der Waals surface area contributed by atoms with Gasteiger partial charge in [0.1, 0.15) is 17.2 Å². The largest absolute Gasteiger partial charge is 0.496 e. The van der Waals surface area contributed by atoms with Crippen LogP contribution >= 0.6 is 7.92 Å². The topological polar surface area (TPSA) is 27.7 Å². The van der Waals surface area contributed by atoms with Crippen LogP contribution in [0.2, 0.25) is 0 Å². The molecule has 0 saturated heterocycles. The second-order valence-corrected chi connectivity index (χ2v) is 21.4. The summed E-state index contributed by atoms with van der Waals surface area (Å²) in [4.78, 5) is 0. The molecule has 2 unspecified atom stereocenters. The third-order valence-corrected chi connectivity index (χ3v) is 14.1. The Bertz CT molecular complexity index is 1770. The molecule has 0 amide bonds. The molecule has 6 rings (SSSR count). The molecule has 4 aromatic carbocycles. The van der Waals surface area contributed by atoms with E-state index in [2.05, 4.69) is 156 Å². The molecule has 0 saturated carbocycles. The molecule has 1 aliphatic heterocycles. The lowest BCUT2D eigenvalue weighted by molar-refractivity contribution is 0.237. The minimum Gasteiger partial charge on any atom is -0.496 e. The number of rotatable bonds is 5. The van der Waals surface area contributed by atoms with E-state index < -0.39 is 7.92 Å². The van der Waals surface area contributed by atoms with Crippen LogP contribution in [-0.2, 0) is 33.5 Å². The normalized spacial score (nSPS) is 19.2. The highest BCUT2D eigenvalue weighted by Gasteiger charge is 2.54. The van der Waals surface area contributed by atoms with Crippen LogP contribution in [0.5, 0.6) is 17.2 Å². The van der Waals surface area contributed by atoms with Crippen LogP contribution in [-0.4, -0.2) is 26.5 Å². The standard InChI is InChI=1S/C47H61O3P/c1-43(2,3)35-26-31(27-36(41(35)48-13)44(4,5)6)51(32-28-37(45(7,8)9)42(49-14)38(29-32)46(10,11)12)40-25-30-19-15-16-20-33(30)47(40)23-24-50-39-22-18-17-21-34(39)47/h15-22,26-29,40H,23-25H2,1-14H3. The van der Waals surface area contributed by atoms with Gasteiger partial charge in [-0.15, -0.1) is 0 Å². The maximum Gasteiger partial charge on any atom is 0.126 e. The summed E-state index contributed by atoms with van der Waals surface area (Å²) in [5.74, 6) is 3.08. The van der Waals surface area contributed by atoms with E-state index in [1.165, 1.54) is 49.6 Å². The molecule has 1 spiro atoms. The molecule has 4 aromatic rings. The van der Waals surface area contributed by atoms with Gasteiger partial charge in [-0.25, -0.2) is 0 Å². The van der Waals surface area contributed by atoms with Gasteiger partial charge < -0.3 is 14.2 Å². The predicted molar refractivity (Wildman–Crippen MR) is 218 cm³/mol. The fourth-order valence-corrected chi connectivity index (χ4v) is 12.1. The minimum absolute atomic E-state index is 0.114. The minimum atomic E-state index is -0.949. The van der Waals surface area contributed by atoms with E-state index in [4.69, 9.17) is 14.2 Å². The van der Waals surface area contributed by atoms with E-state index in [9.17, 15) is 0 Å². The first-order valence-corrected chi connectivity index (χ1v) is 20.2. The van der Waals surface area contributed by atoms with Crippen molar-refractivity contribution in [3.63, 3.8) is 0 Å². The Balaban J connectivity index is 1.79. The number of benzene rings is 4. The third kappa shape index (κ3) is 6.52. The Labute approximate surface area is 310 Å². The Morgan fingerprint density at radius 2 is 1.00 bits per heavy atom. The number of para-hydroxylation sites is 1. The smallest absolute Gasteiger partial charge is 0.126 e. The Hall–Kier alpha value is -3.29. The zero-order valence-corrected chi connectivity index (χ0v) is 34.7. The molecular formula is C47H61O3P. The highest BCUT2D eigenvalue weighted by atomic mass is 31.1. The van der Waals surface area contributed by atoms with Gasteiger partial charge in [-0.3, -0.25) is 0 Å². The monoisotopic (exact) mass is 704 g/mol. The van der Waals surface area contributed by atoms with Crippen molar-refractivity contribution >= 4 is 18.5 Å². The van der Waals surface area contributed by atoms with Crippen molar-refractivity contribution in [2.75, 3.05) is 20.8 Å². The summed E-state index contributed by atoms with van der Waals surface area (Å²) in [7, 11) is 2.74. The molecule has 1 aliphatic carbocycles. The molecule has 1 heterocycles. The predicted octanol–water partition coefficient (Wildman–Crippen LogP) is 11.0. The molecule has 272 valence electrons. The highest BCUT2D eigenvalue weighted by molar-refractivity contribution is 7.73. The maximum atomic E-state index is 6.45. The number of hydrogen-bond acceptors (Lipinski definition) is 3. The van der Waals surface area contributed by atoms with Gasteiger partial charge in [-0.1, -0.05) is 126 Å². The number of methoxy groups -OCH3 is 2. The van der Waals surface area contributed by atoms with E-state index in [1.54, 1.807) is 0 Å². The zero-order valence-electron chi connectivity index (χ0n) is 33.8. The quantitative estimate of drug-likeness (QED) is 0.194. The maximum absolute atomic E-state index is 6.45. The van der Waals surface area contributed by atoms with Crippen molar-refractivity contribution < 1.29 is 14.2 Å². The molecule has 3 nitrogen and oxygen atoms in total. The molecular weight excluding hydrogens is 643 g/mol. The zero-order chi connectivity index (χ0) is 37.3. The van der Waals surface area contributed by atoms with Crippen molar-refractivity contribution in [3.05, 3.63) is 112 Å². The van der Waals surface area contributed by atoms with E-state index in [1.807, 2.05) is 14.2 Å². The van der Waals surface area contributed by atoms with Gasteiger partial charge >= 0.3 is 0 Å². The molecule has 0 fully saturated rings. The first-order valence-electron chi connectivity index (χ1n) is 18.8. The highest BCUT2D eigenvalue weighted by Crippen LogP contribution is 2.62. The number of hydrogen-bond donors (Lipinski definition) is 0. The molecule has 0 N–H and O–H groups in total. The summed E-state index contributed by atoms with van der Waals surface area (Å²) in [5.41, 5.74) is 9.03. The van der Waals surface area contributed by atoms with Gasteiger partial charge in [0.2, 0.25) is 0 Å². The van der Waals surface area contributed by atoms with Gasteiger partial charge in [0.15, 0.2) is 0 Å². The van der Waals surface area contributed by atoms with Crippen LogP contribution in [0, 0.1) is 0 Å². The van der Waals surface area contributed by atoms with Crippen molar-refractivity contribution in [2.24, 2.45) is 0 Å². The second-order valence-electron chi connectivity index (χ2n) is 19.0. The van der Waals surface area contributed by atoms with Gasteiger partial charge in [0.25, 0.3) is 0 Å². The van der Waals surface area contributed by atoms with E-state index >= 15 is 0 Å². The molecule has 4 heteroatoms. The summed E-state index contributed by atoms with van der Waals surface area (Å²) in [6.07, 6.45) is 1.97. The number of fused-ring (bicyclic) bond motifs is 4. The lowest BCUT2D eigenvalue weighted by Crippen LogP contribution is -2.44. The van der Waals surface area contributed by atoms with Crippen LogP contribution < -0.4 is 24.8 Å².